The lowest BCUT2D eigenvalue weighted by Crippen LogP contribution is -2.37. The van der Waals surface area contributed by atoms with Crippen LogP contribution in [0.5, 0.6) is 0 Å². The van der Waals surface area contributed by atoms with Crippen molar-refractivity contribution in [2.24, 2.45) is 0 Å². The molecule has 112 valence electrons. The minimum Gasteiger partial charge on any atom is -0.355 e. The molecule has 0 aliphatic rings. The maximum absolute atomic E-state index is 11.8. The lowest BCUT2D eigenvalue weighted by Gasteiger charge is -2.05. The monoisotopic (exact) mass is 306 g/mol. The van der Waals surface area contributed by atoms with Gasteiger partial charge in [-0.3, -0.25) is 9.59 Å². The Morgan fingerprint density at radius 3 is 2.86 bits per heavy atom. The van der Waals surface area contributed by atoms with Crippen molar-refractivity contribution in [3.05, 3.63) is 40.1 Å². The molecule has 7 heteroatoms. The largest absolute Gasteiger partial charge is 0.355 e. The number of carbonyl (C=O) groups is 2. The number of thiophene rings is 1. The Hall–Kier alpha value is -2.15. The second-order valence-corrected chi connectivity index (χ2v) is 5.87. The quantitative estimate of drug-likeness (QED) is 0.673. The van der Waals surface area contributed by atoms with Crippen LogP contribution in [0.2, 0.25) is 0 Å². The number of aromatic nitrogens is 2. The van der Waals surface area contributed by atoms with E-state index in [9.17, 15) is 9.59 Å². The van der Waals surface area contributed by atoms with Gasteiger partial charge in [-0.1, -0.05) is 0 Å². The lowest BCUT2D eigenvalue weighted by molar-refractivity contribution is -0.120. The Bertz CT molecular complexity index is 592. The molecule has 0 aromatic carbocycles. The smallest absolute Gasteiger partial charge is 0.261 e. The van der Waals surface area contributed by atoms with Crippen molar-refractivity contribution in [2.45, 2.75) is 19.8 Å². The lowest BCUT2D eigenvalue weighted by atomic mass is 10.3. The van der Waals surface area contributed by atoms with E-state index in [1.165, 1.54) is 11.3 Å². The first-order chi connectivity index (χ1) is 10.1. The van der Waals surface area contributed by atoms with E-state index in [4.69, 9.17) is 0 Å². The molecule has 2 aromatic rings. The molecule has 2 heterocycles. The second kappa shape index (κ2) is 7.58. The third-order valence-electron chi connectivity index (χ3n) is 2.84. The molecular weight excluding hydrogens is 288 g/mol. The van der Waals surface area contributed by atoms with Crippen LogP contribution in [0.1, 0.15) is 26.8 Å². The van der Waals surface area contributed by atoms with Gasteiger partial charge in [-0.15, -0.1) is 11.3 Å². The van der Waals surface area contributed by atoms with E-state index >= 15 is 0 Å². The van der Waals surface area contributed by atoms with Gasteiger partial charge in [-0.25, -0.2) is 4.98 Å². The Morgan fingerprint density at radius 1 is 1.33 bits per heavy atom. The highest BCUT2D eigenvalue weighted by atomic mass is 32.1. The molecule has 0 atom stereocenters. The van der Waals surface area contributed by atoms with Crippen LogP contribution in [0.25, 0.3) is 0 Å². The molecule has 0 fully saturated rings. The molecule has 21 heavy (non-hydrogen) atoms. The van der Waals surface area contributed by atoms with Gasteiger partial charge in [-0.05, 0) is 25.5 Å². The van der Waals surface area contributed by atoms with E-state index in [-0.39, 0.29) is 18.4 Å². The number of carbonyl (C=O) groups excluding carboxylic acids is 2. The van der Waals surface area contributed by atoms with Crippen LogP contribution in [0.4, 0.5) is 0 Å². The van der Waals surface area contributed by atoms with Gasteiger partial charge < -0.3 is 15.6 Å². The maximum Gasteiger partial charge on any atom is 0.261 e. The van der Waals surface area contributed by atoms with Crippen LogP contribution >= 0.6 is 11.3 Å². The first-order valence-electron chi connectivity index (χ1n) is 6.75. The highest BCUT2D eigenvalue weighted by Gasteiger charge is 2.09. The maximum atomic E-state index is 11.8. The average Bonchev–Trinajstić information content (AvgIpc) is 3.12. The normalized spacial score (nSPS) is 10.3. The molecule has 2 aromatic heterocycles. The van der Waals surface area contributed by atoms with E-state index in [0.717, 1.165) is 23.5 Å². The molecule has 0 saturated carbocycles. The van der Waals surface area contributed by atoms with Crippen LogP contribution in [0.15, 0.2) is 24.5 Å². The molecule has 6 nitrogen and oxygen atoms in total. The molecule has 3 N–H and O–H groups in total. The van der Waals surface area contributed by atoms with Crippen molar-refractivity contribution in [3.8, 4) is 0 Å². The number of aryl methyl sites for hydroxylation is 2. The number of H-pyrrole nitrogens is 1. The van der Waals surface area contributed by atoms with Crippen LogP contribution in [0.3, 0.4) is 0 Å². The summed E-state index contributed by atoms with van der Waals surface area (Å²) in [6, 6.07) is 3.64. The number of rotatable bonds is 7. The summed E-state index contributed by atoms with van der Waals surface area (Å²) in [4.78, 5) is 32.2. The predicted octanol–water partition coefficient (Wildman–Crippen LogP) is 1.26. The zero-order valence-corrected chi connectivity index (χ0v) is 12.6. The van der Waals surface area contributed by atoms with Gasteiger partial charge in [0, 0.05) is 30.2 Å². The predicted molar refractivity (Wildman–Crippen MR) is 81.3 cm³/mol. The summed E-state index contributed by atoms with van der Waals surface area (Å²) >= 11 is 1.41. The number of nitrogens with zero attached hydrogens (tertiary/aromatic N) is 1. The SMILES string of the molecule is Cc1ccc(C(=O)NCC(=O)NCCCc2ncc[nH]2)s1. The molecule has 0 unspecified atom stereocenters. The van der Waals surface area contributed by atoms with Gasteiger partial charge >= 0.3 is 0 Å². The molecule has 0 bridgehead atoms. The fraction of sp³-hybridized carbons (Fsp3) is 0.357. The third kappa shape index (κ3) is 5.03. The second-order valence-electron chi connectivity index (χ2n) is 4.58. The minimum absolute atomic E-state index is 0.00344. The third-order valence-corrected chi connectivity index (χ3v) is 3.84. The molecule has 2 amide bonds. The Kier molecular flexibility index (Phi) is 5.51. The first-order valence-corrected chi connectivity index (χ1v) is 7.56. The van der Waals surface area contributed by atoms with Gasteiger partial charge in [0.15, 0.2) is 0 Å². The Morgan fingerprint density at radius 2 is 2.19 bits per heavy atom. The number of hydrogen-bond donors (Lipinski definition) is 3. The van der Waals surface area contributed by atoms with Gasteiger partial charge in [0.25, 0.3) is 5.91 Å². The fourth-order valence-electron chi connectivity index (χ4n) is 1.79. The zero-order chi connectivity index (χ0) is 15.1. The summed E-state index contributed by atoms with van der Waals surface area (Å²) in [5.41, 5.74) is 0. The van der Waals surface area contributed by atoms with Crippen molar-refractivity contribution in [3.63, 3.8) is 0 Å². The highest BCUT2D eigenvalue weighted by Crippen LogP contribution is 2.14. The topological polar surface area (TPSA) is 86.9 Å². The average molecular weight is 306 g/mol. The van der Waals surface area contributed by atoms with E-state index < -0.39 is 0 Å². The van der Waals surface area contributed by atoms with Crippen molar-refractivity contribution in [2.75, 3.05) is 13.1 Å². The van der Waals surface area contributed by atoms with Gasteiger partial charge in [0.2, 0.25) is 5.91 Å². The summed E-state index contributed by atoms with van der Waals surface area (Å²) in [7, 11) is 0. The Labute approximate surface area is 127 Å². The van der Waals surface area contributed by atoms with E-state index in [0.29, 0.717) is 11.4 Å². The minimum atomic E-state index is -0.209. The number of imidazole rings is 1. The zero-order valence-electron chi connectivity index (χ0n) is 11.8. The number of aromatic amines is 1. The number of hydrogen-bond acceptors (Lipinski definition) is 4. The van der Waals surface area contributed by atoms with E-state index in [1.54, 1.807) is 18.5 Å². The summed E-state index contributed by atoms with van der Waals surface area (Å²) in [5.74, 6) is 0.514. The van der Waals surface area contributed by atoms with Gasteiger partial charge in [0.05, 0.1) is 11.4 Å². The van der Waals surface area contributed by atoms with Crippen LogP contribution in [0, 0.1) is 6.92 Å². The van der Waals surface area contributed by atoms with Crippen LogP contribution in [-0.2, 0) is 11.2 Å². The Balaban J connectivity index is 1.60. The van der Waals surface area contributed by atoms with Gasteiger partial charge in [0.1, 0.15) is 5.82 Å². The summed E-state index contributed by atoms with van der Waals surface area (Å²) in [5, 5.41) is 5.37. The van der Waals surface area contributed by atoms with Crippen molar-refractivity contribution < 1.29 is 9.59 Å². The molecule has 0 radical (unpaired) electrons. The summed E-state index contributed by atoms with van der Waals surface area (Å²) in [6.45, 7) is 2.50. The summed E-state index contributed by atoms with van der Waals surface area (Å²) in [6.07, 6.45) is 5.07. The first kappa shape index (κ1) is 15.2. The van der Waals surface area contributed by atoms with Crippen LogP contribution in [-0.4, -0.2) is 34.9 Å². The number of amides is 2. The van der Waals surface area contributed by atoms with Crippen molar-refractivity contribution in [1.82, 2.24) is 20.6 Å². The molecule has 0 aliphatic heterocycles. The summed E-state index contributed by atoms with van der Waals surface area (Å²) < 4.78 is 0. The van der Waals surface area contributed by atoms with Crippen molar-refractivity contribution in [1.29, 1.82) is 0 Å². The van der Waals surface area contributed by atoms with Crippen molar-refractivity contribution >= 4 is 23.2 Å². The highest BCUT2D eigenvalue weighted by molar-refractivity contribution is 7.13. The standard InChI is InChI=1S/C14H18N4O2S/c1-10-4-5-11(21-10)14(20)18-9-13(19)17-6-2-3-12-15-7-8-16-12/h4-5,7-8H,2-3,6,9H2,1H3,(H,15,16)(H,17,19)(H,18,20). The van der Waals surface area contributed by atoms with E-state index in [1.807, 2.05) is 13.0 Å². The fourth-order valence-corrected chi connectivity index (χ4v) is 2.57. The van der Waals surface area contributed by atoms with E-state index in [2.05, 4.69) is 20.6 Å². The molecule has 0 spiro atoms. The number of nitrogens with one attached hydrogen (secondary N) is 3. The molecule has 2 rings (SSSR count). The van der Waals surface area contributed by atoms with Gasteiger partial charge in [-0.2, -0.15) is 0 Å². The molecule has 0 aliphatic carbocycles. The van der Waals surface area contributed by atoms with Crippen LogP contribution < -0.4 is 10.6 Å². The molecular formula is C14H18N4O2S. The molecule has 0 saturated heterocycles.